The fourth-order valence-corrected chi connectivity index (χ4v) is 4.40. The summed E-state index contributed by atoms with van der Waals surface area (Å²) in [6, 6.07) is 19.7. The zero-order valence-corrected chi connectivity index (χ0v) is 18.4. The molecule has 0 aliphatic carbocycles. The molecule has 0 saturated carbocycles. The molecule has 3 aromatic carbocycles. The number of nitro groups is 1. The van der Waals surface area contributed by atoms with Crippen molar-refractivity contribution in [1.82, 2.24) is 10.4 Å². The molecule has 0 bridgehead atoms. The van der Waals surface area contributed by atoms with Gasteiger partial charge in [0.1, 0.15) is 0 Å². The lowest BCUT2D eigenvalue weighted by Gasteiger charge is -2.10. The Morgan fingerprint density at radius 2 is 1.90 bits per heavy atom. The quantitative estimate of drug-likeness (QED) is 0.129. The van der Waals surface area contributed by atoms with Crippen LogP contribution < -0.4 is 5.43 Å². The van der Waals surface area contributed by atoms with Crippen molar-refractivity contribution < 1.29 is 9.72 Å². The van der Waals surface area contributed by atoms with Gasteiger partial charge in [-0.3, -0.25) is 14.9 Å². The number of hydrazone groups is 1. The first-order chi connectivity index (χ1) is 15.0. The van der Waals surface area contributed by atoms with E-state index in [9.17, 15) is 14.9 Å². The van der Waals surface area contributed by atoms with Gasteiger partial charge in [0.05, 0.1) is 27.9 Å². The van der Waals surface area contributed by atoms with E-state index in [1.807, 2.05) is 42.5 Å². The molecular weight excluding hydrogens is 480 g/mol. The third-order valence-electron chi connectivity index (χ3n) is 4.42. The standard InChI is InChI=1S/C22H15BrN4O3S/c23-15-8-9-20-18(11-15)22(17-6-1-2-7-19(17)25-20)31-13-21(28)26-24-12-14-4-3-5-16(10-14)27(29)30/h1-12H,13H2,(H,26,28)/b24-12+. The molecule has 4 rings (SSSR count). The van der Waals surface area contributed by atoms with Gasteiger partial charge in [-0.2, -0.15) is 5.10 Å². The van der Waals surface area contributed by atoms with Crippen LogP contribution in [0.4, 0.5) is 5.69 Å². The van der Waals surface area contributed by atoms with Crippen molar-refractivity contribution in [3.05, 3.63) is 86.9 Å². The monoisotopic (exact) mass is 494 g/mol. The minimum atomic E-state index is -0.478. The number of nitro benzene ring substituents is 1. The molecule has 1 aromatic heterocycles. The highest BCUT2D eigenvalue weighted by atomic mass is 79.9. The molecular formula is C22H15BrN4O3S. The molecule has 1 heterocycles. The summed E-state index contributed by atoms with van der Waals surface area (Å²) in [4.78, 5) is 28.4. The molecule has 0 fully saturated rings. The number of halogens is 1. The van der Waals surface area contributed by atoms with Gasteiger partial charge in [0.2, 0.25) is 5.91 Å². The predicted octanol–water partition coefficient (Wildman–Crippen LogP) is 5.30. The second kappa shape index (κ2) is 9.23. The van der Waals surface area contributed by atoms with Crippen LogP contribution in [-0.4, -0.2) is 27.8 Å². The third-order valence-corrected chi connectivity index (χ3v) is 6.05. The van der Waals surface area contributed by atoms with E-state index in [-0.39, 0.29) is 17.3 Å². The number of benzene rings is 3. The number of hydrogen-bond acceptors (Lipinski definition) is 6. The van der Waals surface area contributed by atoms with Crippen LogP contribution in [0, 0.1) is 10.1 Å². The number of rotatable bonds is 6. The number of carbonyl (C=O) groups is 1. The molecule has 9 heteroatoms. The van der Waals surface area contributed by atoms with Gasteiger partial charge in [-0.15, -0.1) is 11.8 Å². The first-order valence-corrected chi connectivity index (χ1v) is 11.0. The summed E-state index contributed by atoms with van der Waals surface area (Å²) in [5.41, 5.74) is 4.68. The van der Waals surface area contributed by atoms with Crippen LogP contribution in [0.5, 0.6) is 0 Å². The average molecular weight is 495 g/mol. The molecule has 0 unspecified atom stereocenters. The van der Waals surface area contributed by atoms with Gasteiger partial charge in [-0.25, -0.2) is 10.4 Å². The first-order valence-electron chi connectivity index (χ1n) is 9.18. The van der Waals surface area contributed by atoms with E-state index in [4.69, 9.17) is 4.98 Å². The Balaban J connectivity index is 1.51. The van der Waals surface area contributed by atoms with Crippen LogP contribution in [0.2, 0.25) is 0 Å². The van der Waals surface area contributed by atoms with Crippen LogP contribution in [0.25, 0.3) is 21.8 Å². The van der Waals surface area contributed by atoms with Crippen molar-refractivity contribution >= 4 is 67.3 Å². The molecule has 0 atom stereocenters. The fourth-order valence-electron chi connectivity index (χ4n) is 3.05. The molecule has 0 radical (unpaired) electrons. The zero-order chi connectivity index (χ0) is 21.8. The van der Waals surface area contributed by atoms with Crippen LogP contribution in [-0.2, 0) is 4.79 Å². The van der Waals surface area contributed by atoms with Crippen molar-refractivity contribution in [2.24, 2.45) is 5.10 Å². The number of non-ortho nitro benzene ring substituents is 1. The molecule has 4 aromatic rings. The van der Waals surface area contributed by atoms with Crippen LogP contribution in [0.15, 0.2) is 81.2 Å². The minimum Gasteiger partial charge on any atom is -0.272 e. The van der Waals surface area contributed by atoms with Crippen molar-refractivity contribution in [3.63, 3.8) is 0 Å². The summed E-state index contributed by atoms with van der Waals surface area (Å²) in [5.74, 6) is -0.127. The highest BCUT2D eigenvalue weighted by Crippen LogP contribution is 2.35. The molecule has 7 nitrogen and oxygen atoms in total. The average Bonchev–Trinajstić information content (AvgIpc) is 2.77. The highest BCUT2D eigenvalue weighted by molar-refractivity contribution is 9.10. The minimum absolute atomic E-state index is 0.0339. The summed E-state index contributed by atoms with van der Waals surface area (Å²) < 4.78 is 0.935. The Morgan fingerprint density at radius 1 is 1.10 bits per heavy atom. The summed E-state index contributed by atoms with van der Waals surface area (Å²) in [6.07, 6.45) is 1.38. The predicted molar refractivity (Wildman–Crippen MR) is 127 cm³/mol. The Hall–Kier alpha value is -3.30. The van der Waals surface area contributed by atoms with Crippen LogP contribution >= 0.6 is 27.7 Å². The van der Waals surface area contributed by atoms with Crippen LogP contribution in [0.3, 0.4) is 0 Å². The summed E-state index contributed by atoms with van der Waals surface area (Å²) >= 11 is 4.92. The number of aromatic nitrogens is 1. The van der Waals surface area contributed by atoms with Crippen molar-refractivity contribution in [2.75, 3.05) is 5.75 Å². The highest BCUT2D eigenvalue weighted by Gasteiger charge is 2.12. The Kier molecular flexibility index (Phi) is 6.24. The van der Waals surface area contributed by atoms with Gasteiger partial charge >= 0.3 is 0 Å². The van der Waals surface area contributed by atoms with Gasteiger partial charge in [-0.05, 0) is 24.3 Å². The molecule has 0 aliphatic heterocycles. The SMILES string of the molecule is O=C(CSc1c2ccccc2nc2ccc(Br)cc12)N/N=C/c1cccc([N+](=O)[O-])c1. The van der Waals surface area contributed by atoms with E-state index in [2.05, 4.69) is 26.5 Å². The topological polar surface area (TPSA) is 97.5 Å². The molecule has 0 aliphatic rings. The van der Waals surface area contributed by atoms with Crippen molar-refractivity contribution in [1.29, 1.82) is 0 Å². The fraction of sp³-hybridized carbons (Fsp3) is 0.0455. The van der Waals surface area contributed by atoms with Crippen LogP contribution in [0.1, 0.15) is 5.56 Å². The molecule has 31 heavy (non-hydrogen) atoms. The van der Waals surface area contributed by atoms with E-state index < -0.39 is 4.92 Å². The number of thioether (sulfide) groups is 1. The maximum absolute atomic E-state index is 12.3. The normalized spacial score (nSPS) is 11.3. The number of nitrogens with zero attached hydrogens (tertiary/aromatic N) is 3. The molecule has 0 spiro atoms. The molecule has 154 valence electrons. The van der Waals surface area contributed by atoms with Gasteiger partial charge in [0.15, 0.2) is 0 Å². The Bertz CT molecular complexity index is 1340. The van der Waals surface area contributed by atoms with E-state index >= 15 is 0 Å². The second-order valence-electron chi connectivity index (χ2n) is 6.55. The summed E-state index contributed by atoms with van der Waals surface area (Å²) in [6.45, 7) is 0. The molecule has 1 N–H and O–H groups in total. The number of hydrogen-bond donors (Lipinski definition) is 1. The maximum atomic E-state index is 12.3. The zero-order valence-electron chi connectivity index (χ0n) is 16.0. The smallest absolute Gasteiger partial charge is 0.270 e. The lowest BCUT2D eigenvalue weighted by molar-refractivity contribution is -0.384. The number of para-hydroxylation sites is 1. The lowest BCUT2D eigenvalue weighted by Crippen LogP contribution is -2.19. The molecule has 1 amide bonds. The number of fused-ring (bicyclic) bond motifs is 2. The van der Waals surface area contributed by atoms with Gasteiger partial charge in [0.25, 0.3) is 5.69 Å². The Morgan fingerprint density at radius 3 is 2.74 bits per heavy atom. The van der Waals surface area contributed by atoms with Gasteiger partial charge in [-0.1, -0.05) is 46.3 Å². The van der Waals surface area contributed by atoms with Gasteiger partial charge in [0, 0.05) is 37.8 Å². The Labute approximate surface area is 189 Å². The number of amides is 1. The van der Waals surface area contributed by atoms with Crippen molar-refractivity contribution in [2.45, 2.75) is 4.90 Å². The molecule has 0 saturated heterocycles. The van der Waals surface area contributed by atoms with E-state index in [0.29, 0.717) is 5.56 Å². The van der Waals surface area contributed by atoms with Gasteiger partial charge < -0.3 is 0 Å². The van der Waals surface area contributed by atoms with E-state index in [1.54, 1.807) is 12.1 Å². The summed E-state index contributed by atoms with van der Waals surface area (Å²) in [5, 5.41) is 16.7. The number of nitrogens with one attached hydrogen (secondary N) is 1. The third kappa shape index (κ3) is 4.89. The first kappa shape index (κ1) is 21.0. The summed E-state index contributed by atoms with van der Waals surface area (Å²) in [7, 11) is 0. The maximum Gasteiger partial charge on any atom is 0.270 e. The second-order valence-corrected chi connectivity index (χ2v) is 8.45. The van der Waals surface area contributed by atoms with E-state index in [0.717, 1.165) is 31.2 Å². The number of pyridine rings is 1. The van der Waals surface area contributed by atoms with Crippen molar-refractivity contribution in [3.8, 4) is 0 Å². The number of carbonyl (C=O) groups excluding carboxylic acids is 1. The lowest BCUT2D eigenvalue weighted by atomic mass is 10.1. The largest absolute Gasteiger partial charge is 0.272 e. The van der Waals surface area contributed by atoms with E-state index in [1.165, 1.54) is 30.1 Å².